The number of anilines is 1. The molecule has 2 unspecified atom stereocenters. The van der Waals surface area contributed by atoms with Crippen molar-refractivity contribution in [2.45, 2.75) is 131 Å². The van der Waals surface area contributed by atoms with E-state index < -0.39 is 35.0 Å². The van der Waals surface area contributed by atoms with Gasteiger partial charge >= 0.3 is 246 Å². The Kier molecular flexibility index (Phi) is 8.69. The summed E-state index contributed by atoms with van der Waals surface area (Å²) < 4.78 is 10.5. The second-order valence-electron chi connectivity index (χ2n) is 16.0. The van der Waals surface area contributed by atoms with E-state index in [1.54, 1.807) is 5.70 Å². The number of rotatable bonds is 7. The molecule has 2 fully saturated rings. The Morgan fingerprint density at radius 2 is 1.42 bits per heavy atom. The first-order valence-electron chi connectivity index (χ1n) is 15.0. The zero-order valence-electron chi connectivity index (χ0n) is 27.1. The van der Waals surface area contributed by atoms with Gasteiger partial charge in [-0.15, -0.1) is 0 Å². The molecule has 3 aliphatic rings. The van der Waals surface area contributed by atoms with Gasteiger partial charge in [0.15, 0.2) is 0 Å². The summed E-state index contributed by atoms with van der Waals surface area (Å²) in [5, 5.41) is 1.87. The van der Waals surface area contributed by atoms with Crippen molar-refractivity contribution in [1.29, 1.82) is 0 Å². The van der Waals surface area contributed by atoms with Crippen LogP contribution in [-0.4, -0.2) is 56.2 Å². The van der Waals surface area contributed by atoms with Crippen LogP contribution in [0.1, 0.15) is 77.5 Å². The monoisotopic (exact) mass is 677 g/mol. The molecule has 0 N–H and O–H groups in total. The van der Waals surface area contributed by atoms with Crippen molar-refractivity contribution in [3.8, 4) is 0 Å². The van der Waals surface area contributed by atoms with E-state index in [9.17, 15) is 0 Å². The number of aryl methyl sites for hydroxylation is 3. The molecule has 0 spiro atoms. The predicted octanol–water partition coefficient (Wildman–Crippen LogP) is 9.66. The number of hydrogen-bond acceptors (Lipinski definition) is 3. The quantitative estimate of drug-likeness (QED) is 0.210. The van der Waals surface area contributed by atoms with E-state index in [0.29, 0.717) is 0 Å². The van der Waals surface area contributed by atoms with Crippen molar-refractivity contribution >= 4 is 50.4 Å². The van der Waals surface area contributed by atoms with Gasteiger partial charge in [-0.05, 0) is 0 Å². The average molecular weight is 677 g/mol. The van der Waals surface area contributed by atoms with Gasteiger partial charge in [0, 0.05) is 0 Å². The third-order valence-electron chi connectivity index (χ3n) is 8.62. The molecule has 2 aliphatic carbocycles. The molecule has 1 aromatic carbocycles. The summed E-state index contributed by atoms with van der Waals surface area (Å²) in [6, 6.07) is 6.23. The van der Waals surface area contributed by atoms with E-state index in [1.807, 2.05) is 5.31 Å². The number of nitrogens with zero attached hydrogens (tertiary/aromatic N) is 3. The summed E-state index contributed by atoms with van der Waals surface area (Å²) in [6.45, 7) is 27.1. The minimum absolute atomic E-state index is 0.201. The molecule has 1 saturated heterocycles. The first-order valence-corrected chi connectivity index (χ1v) is 30.9. The van der Waals surface area contributed by atoms with Gasteiger partial charge in [0.2, 0.25) is 0 Å². The van der Waals surface area contributed by atoms with Crippen molar-refractivity contribution in [3.63, 3.8) is 0 Å². The van der Waals surface area contributed by atoms with Crippen molar-refractivity contribution < 1.29 is 0 Å². The third-order valence-corrected chi connectivity index (χ3v) is 26.8. The van der Waals surface area contributed by atoms with Gasteiger partial charge in [0.1, 0.15) is 0 Å². The topological polar surface area (TPSA) is 9.72 Å². The molecule has 1 saturated carbocycles. The molecule has 38 heavy (non-hydrogen) atoms. The van der Waals surface area contributed by atoms with E-state index in [-0.39, 0.29) is 11.1 Å². The second-order valence-corrected chi connectivity index (χ2v) is 39.8. The Labute approximate surface area is 245 Å². The minimum atomic E-state index is -1.83. The van der Waals surface area contributed by atoms with Gasteiger partial charge in [0.25, 0.3) is 0 Å². The van der Waals surface area contributed by atoms with Gasteiger partial charge in [-0.2, -0.15) is 0 Å². The van der Waals surface area contributed by atoms with Crippen molar-refractivity contribution in [2.24, 2.45) is 11.8 Å². The molecule has 1 aliphatic heterocycles. The summed E-state index contributed by atoms with van der Waals surface area (Å²) in [7, 11) is -1.29. The van der Waals surface area contributed by atoms with Gasteiger partial charge in [-0.25, -0.2) is 0 Å². The van der Waals surface area contributed by atoms with Crippen LogP contribution in [0.3, 0.4) is 0 Å². The molecule has 2 radical (unpaired) electrons. The van der Waals surface area contributed by atoms with Crippen molar-refractivity contribution in [2.75, 3.05) is 4.57 Å². The van der Waals surface area contributed by atoms with E-state index in [0.717, 1.165) is 21.5 Å². The summed E-state index contributed by atoms with van der Waals surface area (Å²) in [5.41, 5.74) is 8.06. The van der Waals surface area contributed by atoms with Crippen LogP contribution in [0.2, 0.25) is 38.4 Å². The zero-order valence-corrected chi connectivity index (χ0v) is 32.9. The van der Waals surface area contributed by atoms with Crippen LogP contribution in [0, 0.1) is 32.6 Å². The second kappa shape index (κ2) is 10.6. The summed E-state index contributed by atoms with van der Waals surface area (Å²) in [6.07, 6.45) is 4.19. The Balaban J connectivity index is 1.91. The Morgan fingerprint density at radius 1 is 0.921 bits per heavy atom. The predicted molar refractivity (Wildman–Crippen MR) is 177 cm³/mol. The maximum atomic E-state index is 3.05. The number of benzene rings is 1. The molecule has 212 valence electrons. The molecular formula is C31H56N3PSi2Sn. The first kappa shape index (κ1) is 31.3. The third kappa shape index (κ3) is 5.82. The maximum absolute atomic E-state index is 3.05. The first-order chi connectivity index (χ1) is 17.2. The van der Waals surface area contributed by atoms with Crippen molar-refractivity contribution in [3.05, 3.63) is 39.8 Å². The fraction of sp³-hybridized carbons (Fsp3) is 0.742. The van der Waals surface area contributed by atoms with E-state index in [4.69, 9.17) is 0 Å². The Bertz CT molecular complexity index is 1050. The standard InChI is InChI=1S/C28H47N3PSi2.3CH3.Sn/c1-13-33-29(24-20(3)16-19(2)17-21(24)4)25-22-14-15-23(18-22)26(25)32-30(27(5,6)7)34(11,12)31(32)28(8,9)10;;;;/h16-17,22-23H,1,13-15,18H2,2-12H3;3*1H3;. The summed E-state index contributed by atoms with van der Waals surface area (Å²) >= 11 is -1.83. The Hall–Kier alpha value is 0.342. The number of fused-ring (bicyclic) bond motifs is 2. The van der Waals surface area contributed by atoms with Crippen LogP contribution in [0.25, 0.3) is 0 Å². The zero-order chi connectivity index (χ0) is 28.6. The average Bonchev–Trinajstić information content (AvgIpc) is 3.28. The molecule has 1 aromatic rings. The number of allylic oxidation sites excluding steroid dienone is 2. The molecule has 2 atom stereocenters. The van der Waals surface area contributed by atoms with Crippen LogP contribution in [0.4, 0.5) is 5.69 Å². The van der Waals surface area contributed by atoms with E-state index in [2.05, 4.69) is 116 Å². The van der Waals surface area contributed by atoms with E-state index in [1.165, 1.54) is 52.1 Å². The SMILES string of the molecule is Cc1cc(C)c(N([Si]C[CH2][Sn]([CH3])([CH3])[CH3])C2=C(P3N(C(C)(C)C)[Si](C)(C)N3C(C)(C)C)C3CCC2C3)c(C)c1. The van der Waals surface area contributed by atoms with Gasteiger partial charge in [-0.3, -0.25) is 0 Å². The fourth-order valence-electron chi connectivity index (χ4n) is 7.84. The fourth-order valence-corrected chi connectivity index (χ4v) is 28.5. The van der Waals surface area contributed by atoms with Gasteiger partial charge in [0.05, 0.1) is 0 Å². The number of hydrogen-bond donors (Lipinski definition) is 0. The van der Waals surface area contributed by atoms with Crippen LogP contribution in [0.5, 0.6) is 0 Å². The van der Waals surface area contributed by atoms with Crippen molar-refractivity contribution in [1.82, 2.24) is 8.67 Å². The molecule has 4 rings (SSSR count). The normalized spacial score (nSPS) is 24.9. The Morgan fingerprint density at radius 3 is 1.89 bits per heavy atom. The van der Waals surface area contributed by atoms with Crippen LogP contribution >= 0.6 is 8.22 Å². The van der Waals surface area contributed by atoms with Crippen LogP contribution in [0.15, 0.2) is 23.1 Å². The van der Waals surface area contributed by atoms with E-state index >= 15 is 0 Å². The molecule has 3 nitrogen and oxygen atoms in total. The molecule has 1 heterocycles. The molecule has 7 heteroatoms. The molecule has 0 aromatic heterocycles. The summed E-state index contributed by atoms with van der Waals surface area (Å²) in [4.78, 5) is 7.84. The van der Waals surface area contributed by atoms with Gasteiger partial charge < -0.3 is 0 Å². The van der Waals surface area contributed by atoms with Crippen LogP contribution < -0.4 is 4.57 Å². The molecule has 0 amide bonds. The summed E-state index contributed by atoms with van der Waals surface area (Å²) in [5.74, 6) is 1.53. The molecule has 2 bridgehead atoms. The molecular weight excluding hydrogens is 620 g/mol. The van der Waals surface area contributed by atoms with Crippen LogP contribution in [-0.2, 0) is 0 Å². The van der Waals surface area contributed by atoms with Gasteiger partial charge in [-0.1, -0.05) is 0 Å².